The molecule has 0 saturated carbocycles. The molecule has 144 valence electrons. The predicted octanol–water partition coefficient (Wildman–Crippen LogP) is 2.40. The van der Waals surface area contributed by atoms with E-state index in [1.807, 2.05) is 23.1 Å². The molecule has 28 heavy (non-hydrogen) atoms. The molecule has 0 heterocycles. The van der Waals surface area contributed by atoms with Crippen molar-refractivity contribution in [3.63, 3.8) is 0 Å². The molecule has 3 rings (SSSR count). The van der Waals surface area contributed by atoms with E-state index in [1.54, 1.807) is 24.3 Å². The van der Waals surface area contributed by atoms with Crippen LogP contribution in [0, 0.1) is 45.0 Å². The summed E-state index contributed by atoms with van der Waals surface area (Å²) in [5.41, 5.74) is 12.5. The van der Waals surface area contributed by atoms with Gasteiger partial charge in [0, 0.05) is 11.1 Å². The number of fused-ring (bicyclic) bond motifs is 1. The van der Waals surface area contributed by atoms with Crippen LogP contribution >= 0.6 is 0 Å². The van der Waals surface area contributed by atoms with Crippen LogP contribution in [0.25, 0.3) is 0 Å². The number of nitrogens with one attached hydrogen (secondary N) is 1. The predicted molar refractivity (Wildman–Crippen MR) is 106 cm³/mol. The van der Waals surface area contributed by atoms with Crippen molar-refractivity contribution in [3.05, 3.63) is 78.6 Å². The number of carbonyl (C=O) groups is 1. The number of nitrogens with two attached hydrogens (primary N) is 1. The number of hydrogen-bond acceptors (Lipinski definition) is 5. The minimum Gasteiger partial charge on any atom is -0.507 e. The van der Waals surface area contributed by atoms with Crippen LogP contribution in [0.2, 0.25) is 0 Å². The molecule has 0 fully saturated rings. The normalized spacial score (nSPS) is 15.2. The molecule has 2 aromatic rings. The number of phenolic OH excluding ortho intramolecular Hbond substituents is 1. The van der Waals surface area contributed by atoms with Gasteiger partial charge in [0.15, 0.2) is 0 Å². The quantitative estimate of drug-likeness (QED) is 0.269. The van der Waals surface area contributed by atoms with Gasteiger partial charge in [0.25, 0.3) is 5.91 Å². The zero-order valence-electron chi connectivity index (χ0n) is 15.7. The first-order chi connectivity index (χ1) is 13.0. The molecule has 0 saturated heterocycles. The molecule has 1 amide bonds. The summed E-state index contributed by atoms with van der Waals surface area (Å²) < 4.78 is 0. The summed E-state index contributed by atoms with van der Waals surface area (Å²) in [6.45, 7) is 8.75. The topological polar surface area (TPSA) is 91.0 Å². The van der Waals surface area contributed by atoms with Gasteiger partial charge in [-0.05, 0) is 42.2 Å². The van der Waals surface area contributed by atoms with Gasteiger partial charge in [-0.15, -0.1) is 13.1 Å². The number of hydrogen-bond donors (Lipinski definition) is 3. The summed E-state index contributed by atoms with van der Waals surface area (Å²) in [6, 6.07) is 12.5. The average Bonchev–Trinajstić information content (AvgIpc) is 3.11. The second-order valence-corrected chi connectivity index (χ2v) is 6.42. The van der Waals surface area contributed by atoms with Gasteiger partial charge in [-0.3, -0.25) is 4.79 Å². The third-order valence-corrected chi connectivity index (χ3v) is 4.80. The van der Waals surface area contributed by atoms with Crippen LogP contribution in [-0.2, 0) is 6.42 Å². The molecule has 0 bridgehead atoms. The largest absolute Gasteiger partial charge is 2.00 e. The van der Waals surface area contributed by atoms with Crippen molar-refractivity contribution in [2.75, 3.05) is 13.1 Å². The van der Waals surface area contributed by atoms with E-state index in [0.29, 0.717) is 30.8 Å². The molecule has 1 aliphatic rings. The second-order valence-electron chi connectivity index (χ2n) is 6.42. The number of rotatable bonds is 6. The minimum absolute atomic E-state index is 0. The van der Waals surface area contributed by atoms with E-state index >= 15 is 0 Å². The zero-order valence-corrected chi connectivity index (χ0v) is 19.9. The number of aromatic hydroxyl groups is 1. The maximum Gasteiger partial charge on any atom is 2.00 e. The maximum absolute atomic E-state index is 12.5. The van der Waals surface area contributed by atoms with Gasteiger partial charge < -0.3 is 29.6 Å². The van der Waals surface area contributed by atoms with E-state index in [9.17, 15) is 9.90 Å². The number of nitrogens with zero attached hydrogens (tertiary/aromatic N) is 2. The van der Waals surface area contributed by atoms with E-state index in [0.717, 1.165) is 23.1 Å². The van der Waals surface area contributed by atoms with Crippen molar-refractivity contribution in [1.29, 1.82) is 0 Å². The summed E-state index contributed by atoms with van der Waals surface area (Å²) >= 11 is 0. The van der Waals surface area contributed by atoms with Gasteiger partial charge in [-0.25, -0.2) is 5.43 Å². The van der Waals surface area contributed by atoms with Gasteiger partial charge in [-0.2, -0.15) is 5.10 Å². The average molecular weight is 602 g/mol. The Hall–Kier alpha value is -1.65. The van der Waals surface area contributed by atoms with Crippen molar-refractivity contribution in [1.82, 2.24) is 10.3 Å². The fourth-order valence-corrected chi connectivity index (χ4v) is 3.27. The molecule has 1 aliphatic carbocycles. The smallest absolute Gasteiger partial charge is 0.507 e. The van der Waals surface area contributed by atoms with E-state index in [-0.39, 0.29) is 48.9 Å². The van der Waals surface area contributed by atoms with Crippen LogP contribution in [0.1, 0.15) is 39.6 Å². The van der Waals surface area contributed by atoms with Gasteiger partial charge in [-0.1, -0.05) is 24.3 Å². The minimum atomic E-state index is -0.377. The Morgan fingerprint density at radius 2 is 1.93 bits per heavy atom. The first-order valence-electron chi connectivity index (χ1n) is 8.91. The van der Waals surface area contributed by atoms with E-state index < -0.39 is 0 Å². The number of phenols is 1. The van der Waals surface area contributed by atoms with Crippen molar-refractivity contribution >= 4 is 11.6 Å². The van der Waals surface area contributed by atoms with Crippen molar-refractivity contribution < 1.29 is 41.0 Å². The van der Waals surface area contributed by atoms with Crippen LogP contribution in [0.15, 0.2) is 47.6 Å². The summed E-state index contributed by atoms with van der Waals surface area (Å²) in [5.74, 6) is -0.136. The number of amides is 1. The molecule has 1 unspecified atom stereocenters. The van der Waals surface area contributed by atoms with Crippen molar-refractivity contribution in [3.8, 4) is 5.75 Å². The van der Waals surface area contributed by atoms with Gasteiger partial charge in [0.05, 0.1) is 11.9 Å². The molecule has 0 radical (unpaired) electrons. The van der Waals surface area contributed by atoms with Crippen LogP contribution in [0.5, 0.6) is 5.75 Å². The summed E-state index contributed by atoms with van der Waals surface area (Å²) in [5, 5.41) is 14.3. The molecule has 0 aromatic heterocycles. The zero-order chi connectivity index (χ0) is 19.4. The molecular weight excluding hydrogens is 578 g/mol. The Labute approximate surface area is 189 Å². The van der Waals surface area contributed by atoms with Gasteiger partial charge >= 0.3 is 31.1 Å². The Balaban J connectivity index is 0.00000280. The molecule has 1 atom stereocenters. The molecule has 2 aromatic carbocycles. The van der Waals surface area contributed by atoms with Crippen LogP contribution in [0.4, 0.5) is 0 Å². The summed E-state index contributed by atoms with van der Waals surface area (Å²) in [6.07, 6.45) is 1.10. The monoisotopic (exact) mass is 602 g/mol. The van der Waals surface area contributed by atoms with E-state index in [1.165, 1.54) is 0 Å². The SMILES string of the molecule is [CH2-]CN(C[CH2-])C(N)c1cccc(C(=O)N/N=C2\CCc3cccc(O)c32)c1.[U+2]. The molecule has 7 heteroatoms. The Bertz CT molecular complexity index is 865. The van der Waals surface area contributed by atoms with Gasteiger partial charge in [0.1, 0.15) is 5.75 Å². The third kappa shape index (κ3) is 4.85. The van der Waals surface area contributed by atoms with E-state index in [2.05, 4.69) is 24.4 Å². The van der Waals surface area contributed by atoms with Crippen LogP contribution < -0.4 is 11.2 Å². The Morgan fingerprint density at radius 3 is 2.64 bits per heavy atom. The molecular formula is C21H24N4O2U. The third-order valence-electron chi connectivity index (χ3n) is 4.80. The number of benzene rings is 2. The maximum atomic E-state index is 12.5. The fraction of sp³-hybridized carbons (Fsp3) is 0.238. The standard InChI is InChI=1S/C21H24N4O2.U/c1-3-25(4-2)20(22)15-8-5-9-16(13-15)21(27)24-23-17-12-11-14-7-6-10-18(26)19(14)17;/h5-10,13,20,26H,1-4,11-12,22H2,(H,24,27);/q-2;+2/b23-17+;. The first-order valence-corrected chi connectivity index (χ1v) is 8.91. The fourth-order valence-electron chi connectivity index (χ4n) is 3.27. The number of aryl methyl sites for hydroxylation is 1. The first kappa shape index (κ1) is 22.6. The molecule has 0 aliphatic heterocycles. The van der Waals surface area contributed by atoms with Crippen molar-refractivity contribution in [2.45, 2.75) is 19.0 Å². The van der Waals surface area contributed by atoms with E-state index in [4.69, 9.17) is 5.73 Å². The van der Waals surface area contributed by atoms with Crippen LogP contribution in [0.3, 0.4) is 0 Å². The second kappa shape index (κ2) is 10.2. The Morgan fingerprint density at radius 1 is 1.21 bits per heavy atom. The Kier molecular flexibility index (Phi) is 8.26. The van der Waals surface area contributed by atoms with Crippen molar-refractivity contribution in [2.24, 2.45) is 10.8 Å². The van der Waals surface area contributed by atoms with Crippen LogP contribution in [-0.4, -0.2) is 34.7 Å². The summed E-state index contributed by atoms with van der Waals surface area (Å²) in [7, 11) is 0. The molecule has 6 nitrogen and oxygen atoms in total. The number of hydrazone groups is 1. The number of carbonyl (C=O) groups excluding carboxylic acids is 1. The summed E-state index contributed by atoms with van der Waals surface area (Å²) in [4.78, 5) is 14.4. The van der Waals surface area contributed by atoms with Gasteiger partial charge in [0.2, 0.25) is 0 Å². The molecule has 4 N–H and O–H groups in total. The molecule has 0 spiro atoms.